The fraction of sp³-hybridized carbons (Fsp3) is 0.125. The molecule has 0 saturated carbocycles. The van der Waals surface area contributed by atoms with Gasteiger partial charge in [0.1, 0.15) is 5.65 Å². The Hall–Kier alpha value is -3.18. The van der Waals surface area contributed by atoms with Gasteiger partial charge < -0.3 is 4.57 Å². The van der Waals surface area contributed by atoms with Crippen LogP contribution in [-0.4, -0.2) is 23.7 Å². The van der Waals surface area contributed by atoms with Gasteiger partial charge in [-0.15, -0.1) is 0 Å². The third-order valence-electron chi connectivity index (χ3n) is 5.38. The molecule has 0 saturated heterocycles. The average Bonchev–Trinajstić information content (AvgIpc) is 3.03. The number of sulfone groups is 1. The van der Waals surface area contributed by atoms with Crippen LogP contribution in [0.4, 0.5) is 0 Å². The van der Waals surface area contributed by atoms with Crippen molar-refractivity contribution in [1.82, 2.24) is 9.55 Å². The van der Waals surface area contributed by atoms with Gasteiger partial charge in [-0.1, -0.05) is 48.0 Å². The lowest BCUT2D eigenvalue weighted by Crippen LogP contribution is -2.13. The number of pyridine rings is 1. The van der Waals surface area contributed by atoms with Gasteiger partial charge in [-0.25, -0.2) is 13.4 Å². The molecule has 2 aromatic heterocycles. The van der Waals surface area contributed by atoms with Gasteiger partial charge in [-0.3, -0.25) is 0 Å². The van der Waals surface area contributed by atoms with E-state index in [1.165, 1.54) is 5.56 Å². The minimum atomic E-state index is -3.37. The minimum absolute atomic E-state index is 0.0261. The van der Waals surface area contributed by atoms with Crippen LogP contribution in [-0.2, 0) is 16.4 Å². The molecule has 0 aliphatic carbocycles. The predicted octanol–water partition coefficient (Wildman–Crippen LogP) is 5.13. The van der Waals surface area contributed by atoms with Crippen molar-refractivity contribution in [3.63, 3.8) is 0 Å². The fourth-order valence-electron chi connectivity index (χ4n) is 3.91. The molecule has 0 aliphatic heterocycles. The number of benzene rings is 3. The quantitative estimate of drug-likeness (QED) is 0.420. The van der Waals surface area contributed by atoms with Crippen molar-refractivity contribution in [2.75, 3.05) is 5.75 Å². The second-order valence-corrected chi connectivity index (χ2v) is 9.47. The maximum Gasteiger partial charge on any atom is 0.180 e. The van der Waals surface area contributed by atoms with Gasteiger partial charge in [0.2, 0.25) is 0 Å². The molecule has 4 nitrogen and oxygen atoms in total. The van der Waals surface area contributed by atoms with Crippen molar-refractivity contribution in [2.45, 2.75) is 18.4 Å². The molecule has 5 heteroatoms. The number of nitrogens with zero attached hydrogens (tertiary/aromatic N) is 2. The second kappa shape index (κ2) is 6.71. The van der Waals surface area contributed by atoms with E-state index in [0.717, 1.165) is 32.8 Å². The van der Waals surface area contributed by atoms with Crippen molar-refractivity contribution in [3.05, 3.63) is 84.4 Å². The lowest BCUT2D eigenvalue weighted by atomic mass is 10.1. The Morgan fingerprint density at radius 3 is 2.45 bits per heavy atom. The summed E-state index contributed by atoms with van der Waals surface area (Å²) in [4.78, 5) is 5.24. The monoisotopic (exact) mass is 400 g/mol. The molecule has 2 heterocycles. The first-order valence-corrected chi connectivity index (χ1v) is 11.2. The molecule has 5 rings (SSSR count). The van der Waals surface area contributed by atoms with Crippen LogP contribution in [0.2, 0.25) is 0 Å². The lowest BCUT2D eigenvalue weighted by molar-refractivity contribution is 0.591. The first-order valence-electron chi connectivity index (χ1n) is 9.59. The van der Waals surface area contributed by atoms with Crippen LogP contribution in [0.1, 0.15) is 5.56 Å². The second-order valence-electron chi connectivity index (χ2n) is 7.36. The summed E-state index contributed by atoms with van der Waals surface area (Å²) in [5.41, 5.74) is 3.91. The summed E-state index contributed by atoms with van der Waals surface area (Å²) in [6.45, 7) is 2.42. The van der Waals surface area contributed by atoms with E-state index in [4.69, 9.17) is 4.98 Å². The Labute approximate surface area is 169 Å². The highest BCUT2D eigenvalue weighted by Crippen LogP contribution is 2.31. The summed E-state index contributed by atoms with van der Waals surface area (Å²) in [5, 5.41) is 3.24. The number of rotatable bonds is 4. The number of aryl methyl sites for hydroxylation is 2. The van der Waals surface area contributed by atoms with E-state index < -0.39 is 9.84 Å². The normalized spacial score (nSPS) is 12.2. The zero-order valence-corrected chi connectivity index (χ0v) is 16.9. The van der Waals surface area contributed by atoms with Gasteiger partial charge in [0.25, 0.3) is 0 Å². The van der Waals surface area contributed by atoms with Crippen LogP contribution in [0.3, 0.4) is 0 Å². The highest BCUT2D eigenvalue weighted by atomic mass is 32.2. The summed E-state index contributed by atoms with van der Waals surface area (Å²) < 4.78 is 27.7. The Morgan fingerprint density at radius 2 is 1.62 bits per heavy atom. The molecule has 0 spiro atoms. The maximum atomic E-state index is 12.8. The van der Waals surface area contributed by atoms with Crippen LogP contribution < -0.4 is 0 Å². The van der Waals surface area contributed by atoms with Gasteiger partial charge in [-0.05, 0) is 43.3 Å². The molecule has 0 N–H and O–H groups in total. The van der Waals surface area contributed by atoms with Crippen molar-refractivity contribution >= 4 is 42.7 Å². The van der Waals surface area contributed by atoms with Crippen LogP contribution in [0.25, 0.3) is 32.8 Å². The van der Waals surface area contributed by atoms with Gasteiger partial charge in [0.15, 0.2) is 9.84 Å². The molecule has 29 heavy (non-hydrogen) atoms. The summed E-state index contributed by atoms with van der Waals surface area (Å²) >= 11 is 0. The molecule has 0 bridgehead atoms. The van der Waals surface area contributed by atoms with E-state index in [-0.39, 0.29) is 5.75 Å². The standard InChI is InChI=1S/C24H20N2O2S/c1-17-11-12-23-20(15-17)21-16-18-7-5-6-10-22(18)25-24(21)26(23)13-14-29(27,28)19-8-3-2-4-9-19/h2-12,15-16H,13-14H2,1H3. The van der Waals surface area contributed by atoms with E-state index in [1.807, 2.05) is 28.8 Å². The van der Waals surface area contributed by atoms with Gasteiger partial charge in [0.05, 0.1) is 21.7 Å². The summed E-state index contributed by atoms with van der Waals surface area (Å²) in [6.07, 6.45) is 0. The number of hydrogen-bond acceptors (Lipinski definition) is 3. The topological polar surface area (TPSA) is 52.0 Å². The smallest absolute Gasteiger partial charge is 0.180 e. The number of aromatic nitrogens is 2. The van der Waals surface area contributed by atoms with Crippen LogP contribution in [0, 0.1) is 6.92 Å². The fourth-order valence-corrected chi connectivity index (χ4v) is 5.14. The largest absolute Gasteiger partial charge is 0.324 e. The molecule has 0 amide bonds. The van der Waals surface area contributed by atoms with Gasteiger partial charge in [-0.2, -0.15) is 0 Å². The summed E-state index contributed by atoms with van der Waals surface area (Å²) in [5.74, 6) is 0.0261. The number of fused-ring (bicyclic) bond motifs is 4. The van der Waals surface area contributed by atoms with E-state index >= 15 is 0 Å². The predicted molar refractivity (Wildman–Crippen MR) is 118 cm³/mol. The van der Waals surface area contributed by atoms with E-state index in [1.54, 1.807) is 24.3 Å². The average molecular weight is 401 g/mol. The minimum Gasteiger partial charge on any atom is -0.324 e. The van der Waals surface area contributed by atoms with Gasteiger partial charge >= 0.3 is 0 Å². The highest BCUT2D eigenvalue weighted by Gasteiger charge is 2.18. The summed E-state index contributed by atoms with van der Waals surface area (Å²) in [7, 11) is -3.37. The Morgan fingerprint density at radius 1 is 0.862 bits per heavy atom. The van der Waals surface area contributed by atoms with Crippen LogP contribution in [0.15, 0.2) is 83.8 Å². The van der Waals surface area contributed by atoms with Gasteiger partial charge in [0, 0.05) is 22.7 Å². The maximum absolute atomic E-state index is 12.8. The van der Waals surface area contributed by atoms with Crippen molar-refractivity contribution in [2.24, 2.45) is 0 Å². The molecule has 0 aliphatic rings. The first-order chi connectivity index (χ1) is 14.0. The third kappa shape index (κ3) is 3.08. The Bertz CT molecular complexity index is 1470. The van der Waals surface area contributed by atoms with E-state index in [0.29, 0.717) is 11.4 Å². The van der Waals surface area contributed by atoms with Crippen molar-refractivity contribution in [3.8, 4) is 0 Å². The number of hydrogen-bond donors (Lipinski definition) is 0. The molecule has 5 aromatic rings. The third-order valence-corrected chi connectivity index (χ3v) is 7.09. The first kappa shape index (κ1) is 17.9. The molecule has 0 unspecified atom stereocenters. The zero-order valence-electron chi connectivity index (χ0n) is 16.0. The lowest BCUT2D eigenvalue weighted by Gasteiger charge is -2.09. The molecule has 0 radical (unpaired) electrons. The van der Waals surface area contributed by atoms with Crippen LogP contribution >= 0.6 is 0 Å². The molecule has 3 aromatic carbocycles. The number of para-hydroxylation sites is 1. The highest BCUT2D eigenvalue weighted by molar-refractivity contribution is 7.91. The van der Waals surface area contributed by atoms with E-state index in [2.05, 4.69) is 37.3 Å². The molecular weight excluding hydrogens is 380 g/mol. The Balaban J connectivity index is 1.68. The Kier molecular flexibility index (Phi) is 4.14. The molecule has 0 fully saturated rings. The molecule has 144 valence electrons. The SMILES string of the molecule is Cc1ccc2c(c1)c1cc3ccccc3nc1n2CCS(=O)(=O)c1ccccc1. The summed E-state index contributed by atoms with van der Waals surface area (Å²) in [6, 6.07) is 25.1. The van der Waals surface area contributed by atoms with E-state index in [9.17, 15) is 8.42 Å². The zero-order chi connectivity index (χ0) is 20.0. The molecule has 0 atom stereocenters. The van der Waals surface area contributed by atoms with Crippen LogP contribution in [0.5, 0.6) is 0 Å². The van der Waals surface area contributed by atoms with Crippen molar-refractivity contribution < 1.29 is 8.42 Å². The molecular formula is C24H20N2O2S. The van der Waals surface area contributed by atoms with Crippen molar-refractivity contribution in [1.29, 1.82) is 0 Å².